The fraction of sp³-hybridized carbons (Fsp3) is 0.238. The minimum atomic E-state index is -0.393. The molecular formula is C21H21NO5. The van der Waals surface area contributed by atoms with Gasteiger partial charge < -0.3 is 18.7 Å². The van der Waals surface area contributed by atoms with E-state index in [-0.39, 0.29) is 6.61 Å². The van der Waals surface area contributed by atoms with Crippen LogP contribution in [-0.4, -0.2) is 18.2 Å². The molecule has 0 unspecified atom stereocenters. The van der Waals surface area contributed by atoms with E-state index in [1.807, 2.05) is 38.1 Å². The van der Waals surface area contributed by atoms with Gasteiger partial charge >= 0.3 is 5.97 Å². The average molecular weight is 367 g/mol. The second kappa shape index (κ2) is 8.40. The Morgan fingerprint density at radius 1 is 1.04 bits per heavy atom. The predicted molar refractivity (Wildman–Crippen MR) is 98.9 cm³/mol. The van der Waals surface area contributed by atoms with Crippen LogP contribution in [0.1, 0.15) is 32.9 Å². The first kappa shape index (κ1) is 18.5. The minimum absolute atomic E-state index is 0.181. The van der Waals surface area contributed by atoms with Gasteiger partial charge in [0.2, 0.25) is 0 Å². The van der Waals surface area contributed by atoms with Gasteiger partial charge in [-0.15, -0.1) is 0 Å². The number of rotatable bonds is 7. The van der Waals surface area contributed by atoms with Gasteiger partial charge in [-0.3, -0.25) is 0 Å². The van der Waals surface area contributed by atoms with Gasteiger partial charge in [0.1, 0.15) is 30.5 Å². The Kier molecular flexibility index (Phi) is 5.76. The lowest BCUT2D eigenvalue weighted by Crippen LogP contribution is -2.05. The van der Waals surface area contributed by atoms with Crippen molar-refractivity contribution in [2.24, 2.45) is 0 Å². The Morgan fingerprint density at radius 3 is 2.48 bits per heavy atom. The van der Waals surface area contributed by atoms with Gasteiger partial charge in [0.05, 0.1) is 23.9 Å². The number of carbonyl (C=O) groups is 1. The Morgan fingerprint density at radius 2 is 1.81 bits per heavy atom. The highest BCUT2D eigenvalue weighted by molar-refractivity contribution is 5.89. The molecule has 0 aliphatic heterocycles. The molecule has 0 fully saturated rings. The highest BCUT2D eigenvalue weighted by atomic mass is 16.5. The molecule has 0 aliphatic carbocycles. The van der Waals surface area contributed by atoms with E-state index in [2.05, 4.69) is 5.16 Å². The van der Waals surface area contributed by atoms with Crippen molar-refractivity contribution in [3.63, 3.8) is 0 Å². The standard InChI is InChI=1S/C21H21NO5/c1-14-20(15(2)27-22-14)13-25-18-9-7-17(8-10-18)21(23)26-12-16-5-4-6-19(11-16)24-3/h4-11H,12-13H2,1-3H3. The van der Waals surface area contributed by atoms with Crippen LogP contribution < -0.4 is 9.47 Å². The highest BCUT2D eigenvalue weighted by Crippen LogP contribution is 2.19. The zero-order valence-electron chi connectivity index (χ0n) is 15.5. The molecule has 0 bridgehead atoms. The summed E-state index contributed by atoms with van der Waals surface area (Å²) in [5.74, 6) is 1.73. The van der Waals surface area contributed by atoms with Crippen LogP contribution in [0.2, 0.25) is 0 Å². The van der Waals surface area contributed by atoms with Crippen molar-refractivity contribution in [2.75, 3.05) is 7.11 Å². The number of aromatic nitrogens is 1. The molecule has 0 atom stereocenters. The van der Waals surface area contributed by atoms with E-state index in [0.29, 0.717) is 17.9 Å². The number of hydrogen-bond donors (Lipinski definition) is 0. The molecule has 0 N–H and O–H groups in total. The molecule has 3 aromatic rings. The maximum absolute atomic E-state index is 12.2. The maximum atomic E-state index is 12.2. The number of methoxy groups -OCH3 is 1. The number of aryl methyl sites for hydroxylation is 2. The number of benzene rings is 2. The van der Waals surface area contributed by atoms with E-state index < -0.39 is 5.97 Å². The number of hydrogen-bond acceptors (Lipinski definition) is 6. The Labute approximate surface area is 157 Å². The second-order valence-corrected chi connectivity index (χ2v) is 6.04. The monoisotopic (exact) mass is 367 g/mol. The van der Waals surface area contributed by atoms with Crippen molar-refractivity contribution in [3.05, 3.63) is 76.7 Å². The Balaban J connectivity index is 1.55. The highest BCUT2D eigenvalue weighted by Gasteiger charge is 2.11. The minimum Gasteiger partial charge on any atom is -0.497 e. The smallest absolute Gasteiger partial charge is 0.338 e. The third-order valence-corrected chi connectivity index (χ3v) is 4.16. The zero-order valence-corrected chi connectivity index (χ0v) is 15.5. The fourth-order valence-electron chi connectivity index (χ4n) is 2.55. The topological polar surface area (TPSA) is 70.8 Å². The molecule has 0 amide bonds. The quantitative estimate of drug-likeness (QED) is 0.582. The first-order chi connectivity index (χ1) is 13.1. The van der Waals surface area contributed by atoms with E-state index in [9.17, 15) is 4.79 Å². The number of nitrogens with zero attached hydrogens (tertiary/aromatic N) is 1. The third-order valence-electron chi connectivity index (χ3n) is 4.16. The third kappa shape index (κ3) is 4.67. The van der Waals surface area contributed by atoms with E-state index in [0.717, 1.165) is 28.3 Å². The van der Waals surface area contributed by atoms with Crippen LogP contribution in [-0.2, 0) is 18.0 Å². The summed E-state index contributed by atoms with van der Waals surface area (Å²) in [7, 11) is 1.60. The van der Waals surface area contributed by atoms with Crippen molar-refractivity contribution >= 4 is 5.97 Å². The normalized spacial score (nSPS) is 10.5. The molecule has 0 saturated carbocycles. The molecule has 1 aromatic heterocycles. The number of esters is 1. The van der Waals surface area contributed by atoms with Crippen molar-refractivity contribution in [2.45, 2.75) is 27.1 Å². The van der Waals surface area contributed by atoms with Crippen LogP contribution in [0, 0.1) is 13.8 Å². The molecule has 2 aromatic carbocycles. The molecule has 0 radical (unpaired) electrons. The predicted octanol–water partition coefficient (Wildman–Crippen LogP) is 4.24. The molecule has 3 rings (SSSR count). The SMILES string of the molecule is COc1cccc(COC(=O)c2ccc(OCc3c(C)noc3C)cc2)c1. The Hall–Kier alpha value is -3.28. The van der Waals surface area contributed by atoms with Gasteiger partial charge in [-0.25, -0.2) is 4.79 Å². The van der Waals surface area contributed by atoms with Crippen LogP contribution >= 0.6 is 0 Å². The molecule has 0 aliphatic rings. The van der Waals surface area contributed by atoms with Crippen LogP contribution in [0.4, 0.5) is 0 Å². The van der Waals surface area contributed by atoms with E-state index in [4.69, 9.17) is 18.7 Å². The summed E-state index contributed by atoms with van der Waals surface area (Å²) >= 11 is 0. The summed E-state index contributed by atoms with van der Waals surface area (Å²) in [5, 5.41) is 3.90. The van der Waals surface area contributed by atoms with Crippen LogP contribution in [0.3, 0.4) is 0 Å². The lowest BCUT2D eigenvalue weighted by atomic mass is 10.2. The Bertz CT molecular complexity index is 895. The van der Waals surface area contributed by atoms with Gasteiger partial charge in [-0.05, 0) is 55.8 Å². The maximum Gasteiger partial charge on any atom is 0.338 e. The van der Waals surface area contributed by atoms with Crippen molar-refractivity contribution in [3.8, 4) is 11.5 Å². The summed E-state index contributed by atoms with van der Waals surface area (Å²) < 4.78 is 21.4. The molecule has 6 heteroatoms. The zero-order chi connectivity index (χ0) is 19.2. The summed E-state index contributed by atoms with van der Waals surface area (Å²) in [4.78, 5) is 12.2. The lowest BCUT2D eigenvalue weighted by molar-refractivity contribution is 0.0472. The molecular weight excluding hydrogens is 346 g/mol. The first-order valence-electron chi connectivity index (χ1n) is 8.51. The largest absolute Gasteiger partial charge is 0.497 e. The van der Waals surface area contributed by atoms with Gasteiger partial charge in [-0.2, -0.15) is 0 Å². The summed E-state index contributed by atoms with van der Waals surface area (Å²) in [6.45, 7) is 4.26. The van der Waals surface area contributed by atoms with E-state index in [1.54, 1.807) is 31.4 Å². The van der Waals surface area contributed by atoms with Gasteiger partial charge in [0.15, 0.2) is 0 Å². The van der Waals surface area contributed by atoms with Crippen LogP contribution in [0.15, 0.2) is 53.1 Å². The summed E-state index contributed by atoms with van der Waals surface area (Å²) in [6, 6.07) is 14.2. The summed E-state index contributed by atoms with van der Waals surface area (Å²) in [5.41, 5.74) is 3.06. The first-order valence-corrected chi connectivity index (χ1v) is 8.51. The number of carbonyl (C=O) groups excluding carboxylic acids is 1. The number of ether oxygens (including phenoxy) is 3. The fourth-order valence-corrected chi connectivity index (χ4v) is 2.55. The molecule has 27 heavy (non-hydrogen) atoms. The van der Waals surface area contributed by atoms with E-state index >= 15 is 0 Å². The molecule has 0 spiro atoms. The van der Waals surface area contributed by atoms with Crippen molar-refractivity contribution in [1.29, 1.82) is 0 Å². The lowest BCUT2D eigenvalue weighted by Gasteiger charge is -2.08. The molecule has 140 valence electrons. The molecule has 0 saturated heterocycles. The van der Waals surface area contributed by atoms with Gasteiger partial charge in [-0.1, -0.05) is 17.3 Å². The average Bonchev–Trinajstić information content (AvgIpc) is 3.02. The molecule has 6 nitrogen and oxygen atoms in total. The van der Waals surface area contributed by atoms with Crippen molar-refractivity contribution < 1.29 is 23.5 Å². The summed E-state index contributed by atoms with van der Waals surface area (Å²) in [6.07, 6.45) is 0. The van der Waals surface area contributed by atoms with Crippen LogP contribution in [0.5, 0.6) is 11.5 Å². The van der Waals surface area contributed by atoms with Gasteiger partial charge in [0.25, 0.3) is 0 Å². The molecule has 1 heterocycles. The van der Waals surface area contributed by atoms with E-state index in [1.165, 1.54) is 0 Å². The van der Waals surface area contributed by atoms with Gasteiger partial charge in [0, 0.05) is 0 Å². The van der Waals surface area contributed by atoms with Crippen LogP contribution in [0.25, 0.3) is 0 Å². The second-order valence-electron chi connectivity index (χ2n) is 6.04. The van der Waals surface area contributed by atoms with Crippen molar-refractivity contribution in [1.82, 2.24) is 5.16 Å².